The van der Waals surface area contributed by atoms with E-state index in [4.69, 9.17) is 18.9 Å². The van der Waals surface area contributed by atoms with Gasteiger partial charge in [-0.1, -0.05) is 136 Å². The first-order valence-electron chi connectivity index (χ1n) is 38.8. The second-order valence-electron chi connectivity index (χ2n) is 32.5. The number of cyclic esters (lactones) is 1. The molecule has 2 aliphatic rings. The lowest BCUT2D eigenvalue weighted by Crippen LogP contribution is -2.59. The number of carbonyl (C=O) groups is 9. The smallest absolute Gasteiger partial charge is 0.335 e. The Hall–Kier alpha value is -7.09. The Bertz CT molecular complexity index is 3280. The maximum atomic E-state index is 14.6. The average molecular weight is 1570 g/mol. The lowest BCUT2D eigenvalue weighted by molar-refractivity contribution is -0.175. The Kier molecular flexibility index (Phi) is 42.8. The molecule has 0 saturated carbocycles. The molecule has 25 atom stereocenters. The third-order valence-electron chi connectivity index (χ3n) is 21.4. The first-order chi connectivity index (χ1) is 51.5. The van der Waals surface area contributed by atoms with E-state index in [1.807, 2.05) is 38.2 Å². The van der Waals surface area contributed by atoms with Crippen molar-refractivity contribution in [3.05, 3.63) is 95.7 Å². The van der Waals surface area contributed by atoms with Gasteiger partial charge in [0.25, 0.3) is 0 Å². The van der Waals surface area contributed by atoms with Gasteiger partial charge in [0.05, 0.1) is 98.0 Å². The van der Waals surface area contributed by atoms with Gasteiger partial charge in [-0.3, -0.25) is 28.8 Å². The highest BCUT2D eigenvalue weighted by atomic mass is 16.6. The fourth-order valence-corrected chi connectivity index (χ4v) is 13.9. The number of hydrogen-bond acceptors (Lipinski definition) is 23. The van der Waals surface area contributed by atoms with Crippen molar-refractivity contribution in [2.24, 2.45) is 64.1 Å². The summed E-state index contributed by atoms with van der Waals surface area (Å²) >= 11 is 0. The van der Waals surface area contributed by atoms with Crippen molar-refractivity contribution >= 4 is 53.4 Å². The number of ether oxygens (including phenoxy) is 4. The monoisotopic (exact) mass is 1570 g/mol. The lowest BCUT2D eigenvalue weighted by atomic mass is 9.72. The molecule has 0 spiro atoms. The Labute approximate surface area is 655 Å². The fourth-order valence-electron chi connectivity index (χ4n) is 13.9. The van der Waals surface area contributed by atoms with E-state index >= 15 is 0 Å². The fraction of sp³-hybridized carbons (Fsp3) is 0.699. The Morgan fingerprint density at radius 2 is 1.32 bits per heavy atom. The van der Waals surface area contributed by atoms with E-state index in [1.54, 1.807) is 73.6 Å². The number of ketones is 1. The molecule has 0 aliphatic carbocycles. The van der Waals surface area contributed by atoms with Crippen LogP contribution in [0.4, 0.5) is 0 Å². The molecule has 2 rings (SSSR count). The molecule has 1 saturated heterocycles. The number of fused-ring (bicyclic) bond motifs is 2. The standard InChI is InChI=1S/C83H133N3O25/c1-44(2)37-59(84-65(92)35-36-82(15,16)75(99)55(13)76(100)83(17,18)81(107)108-19)72(97)51(9)41-49(7)69(94)46(4)31-33-60(88)53(11)77(101)86-67(56(14)87)74-54(12)63(110-66(93)43-62(90)78(102)103)34-32-47(5)70(95)48(6)40-50(8)71(96)52(10)61(89)42-58-39-45(3)38-57(109-58)29-27-25-23-21-20-22-24-26-28-30-64(91)85-68(80(106)111-74)73(98)79(104)105/h21,23-28,30,32,35-36,40-41,44-46,48,51-63,67-74,76,87-90,94-98,100H,20,22,29,31,33-34,37-39,42-43H2,1-19H3,(H,84,92)(H,85,91)(H,86,101)(H,102,103)(H,104,105)/b23-21+,26-24+,27-25+,30-28+,36-35+,47-32+,49-41+,50-40+/t45-,46?,48?,51?,52?,53?,54?,55?,56?,57-,58+,59?,60?,61?,62?,63?,67?,68?,69?,70?,71?,72?,73?,74?,76?/m1/s1. The van der Waals surface area contributed by atoms with Crippen LogP contribution in [-0.2, 0) is 62.1 Å². The summed E-state index contributed by atoms with van der Waals surface area (Å²) in [4.78, 5) is 120. The van der Waals surface area contributed by atoms with Gasteiger partial charge in [0.1, 0.15) is 18.0 Å². The summed E-state index contributed by atoms with van der Waals surface area (Å²) < 4.78 is 23.1. The molecule has 28 nitrogen and oxygen atoms in total. The van der Waals surface area contributed by atoms with Crippen LogP contribution in [0.3, 0.4) is 0 Å². The summed E-state index contributed by atoms with van der Waals surface area (Å²) in [5.41, 5.74) is -1.61. The molecule has 2 bridgehead atoms. The average Bonchev–Trinajstić information content (AvgIpc) is 0.806. The normalized spacial score (nSPS) is 29.5. The summed E-state index contributed by atoms with van der Waals surface area (Å²) in [5.74, 6) is -16.9. The molecule has 630 valence electrons. The zero-order valence-corrected chi connectivity index (χ0v) is 68.5. The van der Waals surface area contributed by atoms with Crippen LogP contribution < -0.4 is 16.0 Å². The number of Topliss-reactive ketones (excluding diaryl/α,β-unsaturated/α-hetero) is 1. The summed E-state index contributed by atoms with van der Waals surface area (Å²) in [6.45, 7) is 28.8. The van der Waals surface area contributed by atoms with Gasteiger partial charge in [0.15, 0.2) is 18.2 Å². The molecule has 2 aliphatic heterocycles. The minimum atomic E-state index is -2.70. The van der Waals surface area contributed by atoms with Gasteiger partial charge in [0, 0.05) is 47.5 Å². The molecule has 22 unspecified atom stereocenters. The number of esters is 3. The summed E-state index contributed by atoms with van der Waals surface area (Å²) in [5, 5.41) is 141. The number of aliphatic carboxylic acids is 2. The summed E-state index contributed by atoms with van der Waals surface area (Å²) in [7, 11) is 1.18. The van der Waals surface area contributed by atoms with Crippen molar-refractivity contribution in [1.29, 1.82) is 0 Å². The Morgan fingerprint density at radius 3 is 1.90 bits per heavy atom. The number of aliphatic hydroxyl groups is 10. The van der Waals surface area contributed by atoms with E-state index in [2.05, 4.69) is 22.9 Å². The van der Waals surface area contributed by atoms with Gasteiger partial charge >= 0.3 is 29.8 Å². The van der Waals surface area contributed by atoms with Crippen molar-refractivity contribution < 1.29 is 123 Å². The highest BCUT2D eigenvalue weighted by molar-refractivity contribution is 5.95. The Morgan fingerprint density at radius 1 is 0.730 bits per heavy atom. The molecule has 0 aromatic heterocycles. The van der Waals surface area contributed by atoms with Gasteiger partial charge in [-0.2, -0.15) is 0 Å². The maximum Gasteiger partial charge on any atom is 0.335 e. The molecular formula is C83H133N3O25. The number of allylic oxidation sites excluding steroid dienone is 7. The third-order valence-corrected chi connectivity index (χ3v) is 21.4. The van der Waals surface area contributed by atoms with E-state index < -0.39 is 210 Å². The predicted octanol–water partition coefficient (Wildman–Crippen LogP) is 6.29. The molecule has 15 N–H and O–H groups in total. The van der Waals surface area contributed by atoms with Crippen molar-refractivity contribution in [2.45, 2.75) is 299 Å². The molecule has 0 aromatic rings. The topological polar surface area (TPSA) is 469 Å². The number of amides is 3. The van der Waals surface area contributed by atoms with Gasteiger partial charge in [-0.15, -0.1) is 0 Å². The van der Waals surface area contributed by atoms with Gasteiger partial charge in [-0.25, -0.2) is 14.4 Å². The van der Waals surface area contributed by atoms with Crippen LogP contribution in [0.2, 0.25) is 0 Å². The highest BCUT2D eigenvalue weighted by Crippen LogP contribution is 2.36. The minimum Gasteiger partial charge on any atom is -0.479 e. The lowest BCUT2D eigenvalue weighted by Gasteiger charge is -2.38. The van der Waals surface area contributed by atoms with E-state index in [1.165, 1.54) is 79.0 Å². The van der Waals surface area contributed by atoms with Crippen molar-refractivity contribution in [1.82, 2.24) is 16.0 Å². The SMILES string of the molecule is COC(=O)C(C)(C)C(O)C(C)C(=O)C(C)(C)/C=C/C(=O)NC(CC(C)C)C(O)C(C)/C=C(\C)C(O)C(C)CCC(O)C(C)C(=O)NC(C(C)O)C1OC(=O)C(C(O)C(=O)O)NC(=O)/C=C/C=C/CC/C=C/C=C/C[C@@H]2C[C@@H](C)C[C@@H](CC(O)C(C)C(O)/C(C)=C/C(C)C(O)/C(C)=C/CC(OC(=O)CC(O)C(=O)O)C1C)O2. The Balaban J connectivity index is 2.67. The van der Waals surface area contributed by atoms with Crippen LogP contribution in [0.25, 0.3) is 0 Å². The first kappa shape index (κ1) is 100.0. The zero-order valence-electron chi connectivity index (χ0n) is 68.5. The second-order valence-corrected chi connectivity index (χ2v) is 32.5. The highest BCUT2D eigenvalue weighted by Gasteiger charge is 2.47. The third kappa shape index (κ3) is 32.7. The molecule has 1 fully saturated rings. The first-order valence-corrected chi connectivity index (χ1v) is 38.8. The van der Waals surface area contributed by atoms with Crippen molar-refractivity contribution in [3.8, 4) is 0 Å². The number of carboxylic acid groups (broad SMARTS) is 2. The van der Waals surface area contributed by atoms with Crippen LogP contribution in [0.1, 0.15) is 195 Å². The number of rotatable bonds is 29. The second kappa shape index (κ2) is 47.6. The molecular weight excluding hydrogens is 1440 g/mol. The molecule has 0 radical (unpaired) electrons. The van der Waals surface area contributed by atoms with E-state index in [-0.39, 0.29) is 43.0 Å². The van der Waals surface area contributed by atoms with E-state index in [0.717, 1.165) is 25.8 Å². The summed E-state index contributed by atoms with van der Waals surface area (Å²) in [6.07, 6.45) is 3.28. The number of nitrogens with one attached hydrogen (secondary N) is 3. The largest absolute Gasteiger partial charge is 0.479 e. The number of hydrogen-bond donors (Lipinski definition) is 15. The molecule has 111 heavy (non-hydrogen) atoms. The van der Waals surface area contributed by atoms with Crippen LogP contribution in [-0.4, -0.2) is 225 Å². The van der Waals surface area contributed by atoms with Crippen LogP contribution >= 0.6 is 0 Å². The minimum absolute atomic E-state index is 0.0209. The zero-order chi connectivity index (χ0) is 84.9. The number of carbonyl (C=O) groups excluding carboxylic acids is 7. The van der Waals surface area contributed by atoms with Crippen LogP contribution in [0.15, 0.2) is 95.7 Å². The van der Waals surface area contributed by atoms with Crippen molar-refractivity contribution in [3.63, 3.8) is 0 Å². The number of aliphatic hydroxyl groups excluding tert-OH is 10. The van der Waals surface area contributed by atoms with E-state index in [9.17, 15) is 104 Å². The quantitative estimate of drug-likeness (QED) is 0.0169. The summed E-state index contributed by atoms with van der Waals surface area (Å²) in [6, 6.07) is -5.05. The van der Waals surface area contributed by atoms with Crippen LogP contribution in [0.5, 0.6) is 0 Å². The predicted molar refractivity (Wildman–Crippen MR) is 416 cm³/mol. The van der Waals surface area contributed by atoms with Gasteiger partial charge < -0.3 is 96.2 Å². The molecule has 28 heteroatoms. The van der Waals surface area contributed by atoms with Gasteiger partial charge in [0.2, 0.25) is 17.7 Å². The van der Waals surface area contributed by atoms with Crippen LogP contribution in [0, 0.1) is 64.1 Å². The molecule has 2 heterocycles. The molecule has 3 amide bonds. The van der Waals surface area contributed by atoms with Gasteiger partial charge in [-0.05, 0) is 154 Å². The number of carboxylic acids is 2. The number of methoxy groups -OCH3 is 1. The van der Waals surface area contributed by atoms with E-state index in [0.29, 0.717) is 42.7 Å². The molecule has 0 aromatic carbocycles. The van der Waals surface area contributed by atoms with Crippen molar-refractivity contribution in [2.75, 3.05) is 7.11 Å². The maximum absolute atomic E-state index is 14.6.